The summed E-state index contributed by atoms with van der Waals surface area (Å²) >= 11 is 0. The second-order valence-corrected chi connectivity index (χ2v) is 8.37. The van der Waals surface area contributed by atoms with Gasteiger partial charge >= 0.3 is 0 Å². The molecule has 1 saturated heterocycles. The van der Waals surface area contributed by atoms with Crippen LogP contribution in [0.2, 0.25) is 0 Å². The van der Waals surface area contributed by atoms with Crippen LogP contribution in [0.1, 0.15) is 49.7 Å². The fraction of sp³-hybridized carbons (Fsp3) is 0.522. The monoisotopic (exact) mass is 536 g/mol. The number of benzene rings is 1. The molecule has 1 saturated carbocycles. The Bertz CT molecular complexity index is 907. The minimum atomic E-state index is 0. The highest BCUT2D eigenvalue weighted by Gasteiger charge is 2.27. The van der Waals surface area contributed by atoms with Crippen molar-refractivity contribution in [3.8, 4) is 0 Å². The molecule has 4 rings (SSSR count). The van der Waals surface area contributed by atoms with Crippen LogP contribution in [0.4, 0.5) is 5.69 Å². The number of hydrogen-bond donors (Lipinski definition) is 2. The van der Waals surface area contributed by atoms with E-state index in [4.69, 9.17) is 4.99 Å². The van der Waals surface area contributed by atoms with Gasteiger partial charge in [0, 0.05) is 50.4 Å². The van der Waals surface area contributed by atoms with E-state index in [2.05, 4.69) is 39.8 Å². The van der Waals surface area contributed by atoms with Crippen molar-refractivity contribution in [2.75, 3.05) is 25.0 Å². The van der Waals surface area contributed by atoms with Crippen LogP contribution in [0.15, 0.2) is 41.7 Å². The highest BCUT2D eigenvalue weighted by Crippen LogP contribution is 2.28. The number of aromatic nitrogens is 2. The van der Waals surface area contributed by atoms with Gasteiger partial charge in [0.2, 0.25) is 5.91 Å². The highest BCUT2D eigenvalue weighted by atomic mass is 127. The number of aryl methyl sites for hydroxylation is 1. The minimum absolute atomic E-state index is 0. The maximum absolute atomic E-state index is 12.2. The summed E-state index contributed by atoms with van der Waals surface area (Å²) in [5.74, 6) is 1.78. The van der Waals surface area contributed by atoms with Gasteiger partial charge in [-0.3, -0.25) is 9.48 Å². The number of rotatable bonds is 6. The molecule has 2 N–H and O–H groups in total. The van der Waals surface area contributed by atoms with E-state index in [9.17, 15) is 4.79 Å². The van der Waals surface area contributed by atoms with Gasteiger partial charge in [0.25, 0.3) is 0 Å². The number of anilines is 1. The number of hydrogen-bond acceptors (Lipinski definition) is 3. The van der Waals surface area contributed by atoms with Crippen molar-refractivity contribution in [2.24, 2.45) is 18.0 Å². The summed E-state index contributed by atoms with van der Waals surface area (Å²) in [6, 6.07) is 8.04. The van der Waals surface area contributed by atoms with Crippen molar-refractivity contribution in [1.82, 2.24) is 20.0 Å². The van der Waals surface area contributed by atoms with Crippen molar-refractivity contribution >= 4 is 41.5 Å². The third kappa shape index (κ3) is 5.99. The average Bonchev–Trinajstić information content (AvgIpc) is 3.33. The van der Waals surface area contributed by atoms with Gasteiger partial charge in [-0.1, -0.05) is 18.6 Å². The van der Waals surface area contributed by atoms with Gasteiger partial charge in [-0.25, -0.2) is 4.99 Å². The summed E-state index contributed by atoms with van der Waals surface area (Å²) < 4.78 is 1.87. The number of amides is 1. The lowest BCUT2D eigenvalue weighted by molar-refractivity contribution is -0.122. The maximum atomic E-state index is 12.2. The fourth-order valence-electron chi connectivity index (χ4n) is 4.13. The highest BCUT2D eigenvalue weighted by molar-refractivity contribution is 14.0. The zero-order valence-electron chi connectivity index (χ0n) is 18.4. The summed E-state index contributed by atoms with van der Waals surface area (Å²) in [7, 11) is 1.96. The Morgan fingerprint density at radius 2 is 2.13 bits per heavy atom. The predicted molar refractivity (Wildman–Crippen MR) is 135 cm³/mol. The molecule has 168 valence electrons. The fourth-order valence-corrected chi connectivity index (χ4v) is 4.13. The van der Waals surface area contributed by atoms with E-state index in [0.717, 1.165) is 62.5 Å². The Labute approximate surface area is 201 Å². The zero-order valence-corrected chi connectivity index (χ0v) is 20.7. The lowest BCUT2D eigenvalue weighted by Crippen LogP contribution is -2.40. The standard InChI is InChI=1S/C23H32N6O.HI/c1-3-24-23(29-11-10-19(16-29)20-14-26-28(2)15-20)25-13-17-6-4-9-21(12-17)27-22(30)18-7-5-8-18;/h4,6,9,12,14-15,18-19H,3,5,7-8,10-11,13,16H2,1-2H3,(H,24,25)(H,27,30);1H. The molecular weight excluding hydrogens is 503 g/mol. The van der Waals surface area contributed by atoms with Gasteiger partial charge in [-0.2, -0.15) is 5.10 Å². The van der Waals surface area contributed by atoms with Crippen molar-refractivity contribution in [3.63, 3.8) is 0 Å². The Morgan fingerprint density at radius 1 is 1.29 bits per heavy atom. The number of nitrogens with zero attached hydrogens (tertiary/aromatic N) is 4. The van der Waals surface area contributed by atoms with E-state index in [1.54, 1.807) is 0 Å². The lowest BCUT2D eigenvalue weighted by Gasteiger charge is -2.24. The average molecular weight is 536 g/mol. The van der Waals surface area contributed by atoms with E-state index >= 15 is 0 Å². The van der Waals surface area contributed by atoms with Gasteiger partial charge in [0.1, 0.15) is 0 Å². The molecule has 1 aliphatic heterocycles. The quantitative estimate of drug-likeness (QED) is 0.335. The Kier molecular flexibility index (Phi) is 8.34. The maximum Gasteiger partial charge on any atom is 0.227 e. The third-order valence-corrected chi connectivity index (χ3v) is 6.10. The number of carbonyl (C=O) groups is 1. The number of carbonyl (C=O) groups excluding carboxylic acids is 1. The molecule has 1 aliphatic carbocycles. The van der Waals surface area contributed by atoms with E-state index in [0.29, 0.717) is 12.5 Å². The first-order valence-electron chi connectivity index (χ1n) is 11.0. The molecule has 31 heavy (non-hydrogen) atoms. The molecule has 0 spiro atoms. The van der Waals surface area contributed by atoms with E-state index in [1.165, 1.54) is 5.56 Å². The number of likely N-dealkylation sites (tertiary alicyclic amines) is 1. The molecular formula is C23H33IN6O. The first-order chi connectivity index (χ1) is 14.6. The van der Waals surface area contributed by atoms with Gasteiger partial charge < -0.3 is 15.5 Å². The first-order valence-corrected chi connectivity index (χ1v) is 11.0. The molecule has 1 amide bonds. The molecule has 1 atom stereocenters. The van der Waals surface area contributed by atoms with Crippen molar-refractivity contribution in [3.05, 3.63) is 47.8 Å². The second-order valence-electron chi connectivity index (χ2n) is 8.37. The largest absolute Gasteiger partial charge is 0.357 e. The van der Waals surface area contributed by atoms with Crippen molar-refractivity contribution in [2.45, 2.75) is 45.1 Å². The Balaban J connectivity index is 0.00000272. The number of halogens is 1. The molecule has 1 aromatic heterocycles. The van der Waals surface area contributed by atoms with Crippen LogP contribution in [0, 0.1) is 5.92 Å². The summed E-state index contributed by atoms with van der Waals surface area (Å²) in [6.07, 6.45) is 8.38. The number of guanidine groups is 1. The Hall–Kier alpha value is -2.10. The van der Waals surface area contributed by atoms with Gasteiger partial charge in [-0.05, 0) is 49.4 Å². The van der Waals surface area contributed by atoms with Crippen LogP contribution in [0.25, 0.3) is 0 Å². The molecule has 2 aromatic rings. The predicted octanol–water partition coefficient (Wildman–Crippen LogP) is 3.73. The van der Waals surface area contributed by atoms with Crippen molar-refractivity contribution < 1.29 is 4.79 Å². The smallest absolute Gasteiger partial charge is 0.227 e. The molecule has 1 aromatic carbocycles. The van der Waals surface area contributed by atoms with Crippen LogP contribution in [0.5, 0.6) is 0 Å². The molecule has 2 fully saturated rings. The molecule has 7 nitrogen and oxygen atoms in total. The first kappa shape index (κ1) is 23.6. The van der Waals surface area contributed by atoms with Crippen LogP contribution in [-0.4, -0.2) is 46.2 Å². The molecule has 2 aliphatic rings. The normalized spacial score (nSPS) is 19.0. The van der Waals surface area contributed by atoms with Crippen LogP contribution >= 0.6 is 24.0 Å². The molecule has 8 heteroatoms. The summed E-state index contributed by atoms with van der Waals surface area (Å²) in [5, 5.41) is 10.8. The molecule has 2 heterocycles. The van der Waals surface area contributed by atoms with Crippen LogP contribution < -0.4 is 10.6 Å². The van der Waals surface area contributed by atoms with Gasteiger partial charge in [0.05, 0.1) is 12.7 Å². The molecule has 1 unspecified atom stereocenters. The lowest BCUT2D eigenvalue weighted by atomic mass is 9.85. The minimum Gasteiger partial charge on any atom is -0.357 e. The zero-order chi connectivity index (χ0) is 20.9. The number of nitrogens with one attached hydrogen (secondary N) is 2. The molecule has 0 bridgehead atoms. The van der Waals surface area contributed by atoms with Crippen molar-refractivity contribution in [1.29, 1.82) is 0 Å². The van der Waals surface area contributed by atoms with Crippen LogP contribution in [0.3, 0.4) is 0 Å². The SMILES string of the molecule is CCNC(=NCc1cccc(NC(=O)C2CCC2)c1)N1CCC(c2cnn(C)c2)C1.I. The molecule has 0 radical (unpaired) electrons. The van der Waals surface area contributed by atoms with Crippen LogP contribution in [-0.2, 0) is 18.4 Å². The topological polar surface area (TPSA) is 74.6 Å². The summed E-state index contributed by atoms with van der Waals surface area (Å²) in [6.45, 7) is 5.46. The van der Waals surface area contributed by atoms with Gasteiger partial charge in [-0.15, -0.1) is 24.0 Å². The Morgan fingerprint density at radius 3 is 2.81 bits per heavy atom. The summed E-state index contributed by atoms with van der Waals surface area (Å²) in [5.41, 5.74) is 3.26. The van der Waals surface area contributed by atoms with E-state index in [1.807, 2.05) is 36.1 Å². The van der Waals surface area contributed by atoms with E-state index < -0.39 is 0 Å². The third-order valence-electron chi connectivity index (χ3n) is 6.10. The van der Waals surface area contributed by atoms with Gasteiger partial charge in [0.15, 0.2) is 5.96 Å². The summed E-state index contributed by atoms with van der Waals surface area (Å²) in [4.78, 5) is 19.4. The number of aliphatic imine (C=N–C) groups is 1. The second kappa shape index (κ2) is 11.0. The van der Waals surface area contributed by atoms with E-state index in [-0.39, 0.29) is 35.8 Å².